The number of anilines is 2. The quantitative estimate of drug-likeness (QED) is 0.736. The lowest BCUT2D eigenvalue weighted by atomic mass is 10.2. The second kappa shape index (κ2) is 6.40. The molecule has 0 fully saturated rings. The molecule has 6 nitrogen and oxygen atoms in total. The number of fused-ring (bicyclic) bond motifs is 1. The van der Waals surface area contributed by atoms with Crippen molar-refractivity contribution in [2.45, 2.75) is 0 Å². The van der Waals surface area contributed by atoms with Crippen molar-refractivity contribution in [2.75, 3.05) is 51.2 Å². The first-order valence-electron chi connectivity index (χ1n) is 6.21. The van der Waals surface area contributed by atoms with Gasteiger partial charge in [-0.25, -0.2) is 0 Å². The van der Waals surface area contributed by atoms with Crippen LogP contribution >= 0.6 is 0 Å². The number of hydrogen-bond donors (Lipinski definition) is 2. The number of nitrogens with two attached hydrogens (primary N) is 1. The summed E-state index contributed by atoms with van der Waals surface area (Å²) in [6.45, 7) is 2.82. The average Bonchev–Trinajstić information content (AvgIpc) is 2.85. The van der Waals surface area contributed by atoms with E-state index in [1.165, 1.54) is 0 Å². The lowest BCUT2D eigenvalue weighted by Gasteiger charge is -2.25. The zero-order chi connectivity index (χ0) is 13.7. The summed E-state index contributed by atoms with van der Waals surface area (Å²) in [5.41, 5.74) is 8.82. The first kappa shape index (κ1) is 13.6. The van der Waals surface area contributed by atoms with Gasteiger partial charge in [-0.1, -0.05) is 0 Å². The fraction of sp³-hybridized carbons (Fsp3) is 0.462. The van der Waals surface area contributed by atoms with E-state index < -0.39 is 0 Å². The van der Waals surface area contributed by atoms with Crippen molar-refractivity contribution in [2.24, 2.45) is 0 Å². The van der Waals surface area contributed by atoms with E-state index in [4.69, 9.17) is 15.2 Å². The molecule has 3 N–H and O–H groups in total. The van der Waals surface area contributed by atoms with Crippen LogP contribution in [0, 0.1) is 0 Å². The molecule has 0 saturated heterocycles. The molecule has 0 aliphatic rings. The van der Waals surface area contributed by atoms with Crippen LogP contribution in [0.2, 0.25) is 0 Å². The van der Waals surface area contributed by atoms with Gasteiger partial charge >= 0.3 is 0 Å². The van der Waals surface area contributed by atoms with Gasteiger partial charge in [0.2, 0.25) is 0 Å². The number of methoxy groups -OCH3 is 2. The molecule has 0 saturated carbocycles. The molecule has 1 heterocycles. The first-order chi connectivity index (χ1) is 9.26. The summed E-state index contributed by atoms with van der Waals surface area (Å²) in [6.07, 6.45) is 1.77. The molecule has 2 aromatic rings. The third-order valence-corrected chi connectivity index (χ3v) is 3.06. The van der Waals surface area contributed by atoms with Crippen LogP contribution in [-0.2, 0) is 9.47 Å². The van der Waals surface area contributed by atoms with E-state index in [1.54, 1.807) is 20.4 Å². The topological polar surface area (TPSA) is 76.4 Å². The Bertz CT molecular complexity index is 518. The van der Waals surface area contributed by atoms with Gasteiger partial charge in [-0.2, -0.15) is 5.10 Å². The highest BCUT2D eigenvalue weighted by Crippen LogP contribution is 2.28. The monoisotopic (exact) mass is 264 g/mol. The molecular weight excluding hydrogens is 244 g/mol. The fourth-order valence-corrected chi connectivity index (χ4v) is 2.03. The van der Waals surface area contributed by atoms with Gasteiger partial charge in [-0.15, -0.1) is 0 Å². The number of H-pyrrole nitrogens is 1. The van der Waals surface area contributed by atoms with Gasteiger partial charge in [-0.3, -0.25) is 5.10 Å². The van der Waals surface area contributed by atoms with Gasteiger partial charge in [0.1, 0.15) is 0 Å². The van der Waals surface area contributed by atoms with E-state index in [9.17, 15) is 0 Å². The van der Waals surface area contributed by atoms with Crippen LogP contribution in [0.25, 0.3) is 10.9 Å². The molecule has 0 spiro atoms. The number of aromatic amines is 1. The van der Waals surface area contributed by atoms with Gasteiger partial charge < -0.3 is 20.1 Å². The Kier molecular flexibility index (Phi) is 4.59. The molecule has 0 aliphatic heterocycles. The molecule has 0 unspecified atom stereocenters. The molecule has 0 bridgehead atoms. The number of ether oxygens (including phenoxy) is 2. The lowest BCUT2D eigenvalue weighted by molar-refractivity contribution is 0.190. The molecule has 104 valence electrons. The van der Waals surface area contributed by atoms with Crippen molar-refractivity contribution in [3.8, 4) is 0 Å². The number of rotatable bonds is 7. The van der Waals surface area contributed by atoms with Crippen LogP contribution in [0.3, 0.4) is 0 Å². The molecular formula is C13H20N4O2. The van der Waals surface area contributed by atoms with E-state index in [2.05, 4.69) is 15.1 Å². The summed E-state index contributed by atoms with van der Waals surface area (Å²) in [7, 11) is 3.38. The standard InChI is InChI=1S/C13H20N4O2/c1-18-5-3-17(4-6-19-2)13-8-12-10(7-11(13)14)9-15-16-12/h7-9H,3-6,14H2,1-2H3,(H,15,16). The summed E-state index contributed by atoms with van der Waals surface area (Å²) in [5, 5.41) is 7.99. The molecule has 19 heavy (non-hydrogen) atoms. The molecule has 2 rings (SSSR count). The maximum Gasteiger partial charge on any atom is 0.0672 e. The van der Waals surface area contributed by atoms with Crippen molar-refractivity contribution < 1.29 is 9.47 Å². The van der Waals surface area contributed by atoms with Crippen molar-refractivity contribution in [3.05, 3.63) is 18.3 Å². The van der Waals surface area contributed by atoms with Gasteiger partial charge in [-0.05, 0) is 12.1 Å². The Balaban J connectivity index is 2.27. The Morgan fingerprint density at radius 2 is 1.89 bits per heavy atom. The van der Waals surface area contributed by atoms with E-state index in [-0.39, 0.29) is 0 Å². The Labute approximate surface area is 112 Å². The van der Waals surface area contributed by atoms with Crippen LogP contribution < -0.4 is 10.6 Å². The minimum Gasteiger partial charge on any atom is -0.397 e. The molecule has 0 aliphatic carbocycles. The van der Waals surface area contributed by atoms with Crippen LogP contribution in [0.1, 0.15) is 0 Å². The summed E-state index contributed by atoms with van der Waals surface area (Å²) >= 11 is 0. The maximum atomic E-state index is 6.13. The number of nitrogens with one attached hydrogen (secondary N) is 1. The van der Waals surface area contributed by atoms with Gasteiger partial charge in [0, 0.05) is 32.7 Å². The number of nitrogen functional groups attached to an aromatic ring is 1. The molecule has 1 aromatic heterocycles. The molecule has 6 heteroatoms. The van der Waals surface area contributed by atoms with E-state index in [0.29, 0.717) is 13.2 Å². The zero-order valence-corrected chi connectivity index (χ0v) is 11.3. The van der Waals surface area contributed by atoms with Crippen LogP contribution in [0.15, 0.2) is 18.3 Å². The summed E-state index contributed by atoms with van der Waals surface area (Å²) in [6, 6.07) is 3.95. The first-order valence-corrected chi connectivity index (χ1v) is 6.21. The second-order valence-electron chi connectivity index (χ2n) is 4.34. The largest absolute Gasteiger partial charge is 0.397 e. The predicted molar refractivity (Wildman–Crippen MR) is 76.5 cm³/mol. The average molecular weight is 264 g/mol. The normalized spacial score (nSPS) is 11.1. The lowest BCUT2D eigenvalue weighted by Crippen LogP contribution is -2.31. The summed E-state index contributed by atoms with van der Waals surface area (Å²) < 4.78 is 10.3. The smallest absolute Gasteiger partial charge is 0.0672 e. The van der Waals surface area contributed by atoms with E-state index in [1.807, 2.05) is 12.1 Å². The highest BCUT2D eigenvalue weighted by Gasteiger charge is 2.11. The Hall–Kier alpha value is -1.79. The van der Waals surface area contributed by atoms with Gasteiger partial charge in [0.25, 0.3) is 0 Å². The maximum absolute atomic E-state index is 6.13. The van der Waals surface area contributed by atoms with Crippen LogP contribution in [0.4, 0.5) is 11.4 Å². The van der Waals surface area contributed by atoms with Crippen molar-refractivity contribution >= 4 is 22.3 Å². The van der Waals surface area contributed by atoms with Crippen LogP contribution in [-0.4, -0.2) is 50.7 Å². The Morgan fingerprint density at radius 3 is 2.53 bits per heavy atom. The third-order valence-electron chi connectivity index (χ3n) is 3.06. The third kappa shape index (κ3) is 3.15. The summed E-state index contributed by atoms with van der Waals surface area (Å²) in [5.74, 6) is 0. The van der Waals surface area contributed by atoms with Crippen molar-refractivity contribution in [1.82, 2.24) is 10.2 Å². The highest BCUT2D eigenvalue weighted by atomic mass is 16.5. The second-order valence-corrected chi connectivity index (χ2v) is 4.34. The van der Waals surface area contributed by atoms with E-state index in [0.717, 1.165) is 35.4 Å². The number of aromatic nitrogens is 2. The van der Waals surface area contributed by atoms with Crippen LogP contribution in [0.5, 0.6) is 0 Å². The SMILES string of the molecule is COCCN(CCOC)c1cc2[nH]ncc2cc1N. The fourth-order valence-electron chi connectivity index (χ4n) is 2.03. The number of hydrogen-bond acceptors (Lipinski definition) is 5. The predicted octanol–water partition coefficient (Wildman–Crippen LogP) is 1.24. The minimum atomic E-state index is 0.643. The van der Waals surface area contributed by atoms with Gasteiger partial charge in [0.15, 0.2) is 0 Å². The highest BCUT2D eigenvalue weighted by molar-refractivity contribution is 5.88. The number of nitrogens with zero attached hydrogens (tertiary/aromatic N) is 2. The summed E-state index contributed by atoms with van der Waals surface area (Å²) in [4.78, 5) is 2.16. The Morgan fingerprint density at radius 1 is 1.21 bits per heavy atom. The zero-order valence-electron chi connectivity index (χ0n) is 11.3. The van der Waals surface area contributed by atoms with Gasteiger partial charge in [0.05, 0.1) is 36.3 Å². The van der Waals surface area contributed by atoms with Crippen molar-refractivity contribution in [1.29, 1.82) is 0 Å². The molecule has 0 atom stereocenters. The van der Waals surface area contributed by atoms with E-state index >= 15 is 0 Å². The number of benzene rings is 1. The molecule has 0 amide bonds. The minimum absolute atomic E-state index is 0.643. The van der Waals surface area contributed by atoms with Crippen molar-refractivity contribution in [3.63, 3.8) is 0 Å². The molecule has 0 radical (unpaired) electrons. The molecule has 1 aromatic carbocycles.